The van der Waals surface area contributed by atoms with Crippen LogP contribution in [0, 0.1) is 72.6 Å². The Morgan fingerprint density at radius 2 is 0.889 bits per heavy atom. The normalized spacial score (nSPS) is 18.2. The third-order valence-electron chi connectivity index (χ3n) is 14.8. The first kappa shape index (κ1) is 140. The van der Waals surface area contributed by atoms with Gasteiger partial charge in [0.15, 0.2) is 11.6 Å². The van der Waals surface area contributed by atoms with E-state index in [2.05, 4.69) is 25.3 Å². The summed E-state index contributed by atoms with van der Waals surface area (Å²) in [7, 11) is 0. The van der Waals surface area contributed by atoms with E-state index in [1.807, 2.05) is 6.92 Å². The van der Waals surface area contributed by atoms with Gasteiger partial charge < -0.3 is 95.7 Å². The number of aliphatic hydroxyl groups excluding tert-OH is 6. The minimum Gasteiger partial charge on any atom is -0.565 e. The summed E-state index contributed by atoms with van der Waals surface area (Å²) in [5, 5.41) is 135. The monoisotopic (exact) mass is 2950 g/mol. The molecule has 2 saturated heterocycles. The number of carbonyl (C=O) groups is 6. The van der Waals surface area contributed by atoms with E-state index in [0.29, 0.717) is 80.6 Å². The number of Topliss-reactive ketones (excluding diaryl/α,β-unsaturated/α-hetero) is 3. The van der Waals surface area contributed by atoms with Crippen LogP contribution >= 0.6 is 0 Å². The molecule has 2 aliphatic heterocycles. The molecule has 6 unspecified atom stereocenters. The topological polar surface area (TPSA) is 432 Å². The maximum absolute atomic E-state index is 11.5. The van der Waals surface area contributed by atoms with E-state index in [-0.39, 0.29) is 495 Å². The van der Waals surface area contributed by atoms with E-state index in [4.69, 9.17) is 81.0 Å². The number of carbonyl (C=O) groups excluding carboxylic acids is 7. The first-order valence-corrected chi connectivity index (χ1v) is 29.9. The van der Waals surface area contributed by atoms with Crippen LogP contribution in [0.1, 0.15) is 155 Å². The molecule has 4 fully saturated rings. The van der Waals surface area contributed by atoms with Crippen LogP contribution in [0.5, 0.6) is 46.0 Å². The minimum absolute atomic E-state index is 0. The number of aliphatic hydroxyl groups is 7. The number of allylic oxidation sites excluding steroid dienone is 6. The van der Waals surface area contributed by atoms with Gasteiger partial charge in [0, 0.05) is 447 Å². The van der Waals surface area contributed by atoms with Gasteiger partial charge in [-0.25, -0.2) is 0 Å². The molecule has 11 rings (SSSR count). The summed E-state index contributed by atoms with van der Waals surface area (Å²) in [5.74, 6) is -2.33. The average Bonchev–Trinajstić information content (AvgIpc) is 0.756. The van der Waals surface area contributed by atoms with Gasteiger partial charge in [0.1, 0.15) is 28.9 Å². The molecule has 4 aromatic rings. The van der Waals surface area contributed by atoms with E-state index in [1.54, 1.807) is 33.3 Å². The first-order chi connectivity index (χ1) is 44.5. The van der Waals surface area contributed by atoms with Gasteiger partial charge in [-0.2, -0.15) is 119 Å². The van der Waals surface area contributed by atoms with E-state index >= 15 is 0 Å². The van der Waals surface area contributed by atoms with Gasteiger partial charge in [-0.3, -0.25) is 25.5 Å². The molecular formula is C72H88O23W5Y8-8. The van der Waals surface area contributed by atoms with E-state index < -0.39 is 23.5 Å². The summed E-state index contributed by atoms with van der Waals surface area (Å²) >= 11 is 0. The summed E-state index contributed by atoms with van der Waals surface area (Å²) in [6.45, 7) is 19.5. The molecule has 576 valence electrons. The summed E-state index contributed by atoms with van der Waals surface area (Å²) in [6.07, 6.45) is 20.5. The Labute approximate surface area is 907 Å². The molecule has 0 aromatic heterocycles. The van der Waals surface area contributed by atoms with Crippen molar-refractivity contribution in [2.45, 2.75) is 138 Å². The number of ketones is 6. The predicted molar refractivity (Wildman–Crippen MR) is 348 cm³/mol. The molecule has 7 aliphatic rings. The fraction of sp³-hybridized carbons (Fsp3) is 0.361. The van der Waals surface area contributed by atoms with Crippen molar-refractivity contribution in [3.05, 3.63) is 187 Å². The standard InChI is InChI=1S/2C9H13O3.C8H11O3.C8H9O3.C8H9O2.2C8H7O2.2C6H8O2.C2H3O.5W.8Y/c1-5-8(10)7-3-4-9(5,11)12-6(7)2;1-5-8(11)4-3-7(6(2)10)9(5)12;2*1-5(9)7-3-2-6(10)4-8(7)11;3*1-2-6-3-4-7(9)5-8(6)10;2*7-5-2-1-3-6(8)4-5;1-2-3;;;;;;;;;;;;;/h5,7,11H,3-4H2,1-2H3;5,7,10H,3-4H2,1-2H3;4,7,9-10H,2-3H2,1H3;2-4,9-11H,1H3;2-5,9-10H,1H3;2*3-5,9-10H,1H2;2*4,7H,1-3H2;1H3;;;;;;;;;;;;;/q7*-1;;;-1;;;;;;;;;;;;;. The smallest absolute Gasteiger partial charge is 0.159 e. The Morgan fingerprint density at radius 3 is 1.19 bits per heavy atom. The SMILES string of the molecule is C=[C-]c1ccc(O)cc1O.C=[C-]c1ccc(O)cc1O.C[C-](O)C1CCC(=O)C(C)C1=O.C[C-](O)C1CCC(O)=CC1=O.C[C-](O)c1ccc(O)cc1O.C[C-]1OC2(O)CCC1C(=O)C2C.C[C-]=O.C[CH-]c1ccc(O)cc1O.O=C1C=C(O)CCC1.O=C1C=C(O)CCC1.[W].[W].[W].[W].[W].[Y].[Y].[Y].[Y].[Y].[Y].[Y].[Y]. The number of phenols is 8. The van der Waals surface area contributed by atoms with Crippen molar-refractivity contribution in [1.29, 1.82) is 0 Å². The Balaban J connectivity index is -0.0000000840. The summed E-state index contributed by atoms with van der Waals surface area (Å²) in [5.41, 5.74) is 2.07. The third-order valence-corrected chi connectivity index (χ3v) is 14.8. The quantitative estimate of drug-likeness (QED) is 0.0630. The Kier molecular flexibility index (Phi) is 98.4. The van der Waals surface area contributed by atoms with Crippen LogP contribution in [0.15, 0.2) is 121 Å². The second-order valence-electron chi connectivity index (χ2n) is 22.1. The molecule has 0 spiro atoms. The van der Waals surface area contributed by atoms with E-state index in [1.165, 1.54) is 119 Å². The molecule has 36 heteroatoms. The van der Waals surface area contributed by atoms with Crippen LogP contribution < -0.4 is 0 Å². The Morgan fingerprint density at radius 1 is 0.519 bits per heavy atom. The number of benzene rings is 4. The number of ether oxygens (including phenoxy) is 1. The largest absolute Gasteiger partial charge is 0.565 e. The molecule has 0 amide bonds. The second-order valence-corrected chi connectivity index (χ2v) is 22.1. The van der Waals surface area contributed by atoms with Crippen LogP contribution in [0.3, 0.4) is 0 Å². The van der Waals surface area contributed by atoms with Crippen molar-refractivity contribution in [3.8, 4) is 46.0 Å². The number of fused-ring (bicyclic) bond motifs is 3. The van der Waals surface area contributed by atoms with E-state index in [0.717, 1.165) is 24.8 Å². The van der Waals surface area contributed by atoms with Crippen molar-refractivity contribution in [1.82, 2.24) is 0 Å². The maximum atomic E-state index is 11.5. The molecule has 6 atom stereocenters. The molecule has 108 heavy (non-hydrogen) atoms. The van der Waals surface area contributed by atoms with E-state index in [9.17, 15) is 33.9 Å². The molecule has 2 saturated carbocycles. The molecule has 23 nitrogen and oxygen atoms in total. The minimum atomic E-state index is -1.20. The van der Waals surface area contributed by atoms with Crippen LogP contribution in [-0.4, -0.2) is 123 Å². The maximum Gasteiger partial charge on any atom is 0.159 e. The third kappa shape index (κ3) is 54.9. The van der Waals surface area contributed by atoms with Gasteiger partial charge in [-0.1, -0.05) is 88.2 Å². The van der Waals surface area contributed by atoms with Crippen LogP contribution in [-0.2, 0) is 405 Å². The number of rotatable bonds is 6. The predicted octanol–water partition coefficient (Wildman–Crippen LogP) is 11.7. The van der Waals surface area contributed by atoms with Crippen molar-refractivity contribution >= 4 is 41.0 Å². The number of hydrogen-bond acceptors (Lipinski definition) is 23. The van der Waals surface area contributed by atoms with Crippen LogP contribution in [0.25, 0.3) is 0 Å². The molecule has 2 heterocycles. The van der Waals surface area contributed by atoms with Gasteiger partial charge in [0.25, 0.3) is 0 Å². The first-order valence-electron chi connectivity index (χ1n) is 29.9. The van der Waals surface area contributed by atoms with Gasteiger partial charge in [-0.15, -0.1) is 5.56 Å². The second kappa shape index (κ2) is 76.0. The average molecular weight is 2950 g/mol. The molecular weight excluding hydrogens is 2860 g/mol. The zero-order valence-electron chi connectivity index (χ0n) is 61.2. The molecule has 15 N–H and O–H groups in total. The zero-order valence-corrected chi connectivity index (χ0v) is 98.5. The van der Waals surface area contributed by atoms with Crippen LogP contribution in [0.2, 0.25) is 0 Å². The Bertz CT molecular complexity index is 3260. The van der Waals surface area contributed by atoms with Gasteiger partial charge in [0.2, 0.25) is 0 Å². The summed E-state index contributed by atoms with van der Waals surface area (Å²) in [6, 6.07) is 17.0. The summed E-state index contributed by atoms with van der Waals surface area (Å²) in [4.78, 5) is 74.6. The fourth-order valence-corrected chi connectivity index (χ4v) is 9.32. The molecule has 5 aliphatic carbocycles. The van der Waals surface area contributed by atoms with Crippen LogP contribution in [0.4, 0.5) is 0 Å². The summed E-state index contributed by atoms with van der Waals surface area (Å²) < 4.78 is 5.31. The van der Waals surface area contributed by atoms with Crippen molar-refractivity contribution in [2.75, 3.05) is 0 Å². The van der Waals surface area contributed by atoms with Gasteiger partial charge >= 0.3 is 0 Å². The Hall–Kier alpha value is 2.88. The molecule has 4 aromatic carbocycles. The number of hydrogen-bond donors (Lipinski definition) is 15. The van der Waals surface area contributed by atoms with Crippen molar-refractivity contribution in [2.24, 2.45) is 29.6 Å². The van der Waals surface area contributed by atoms with Gasteiger partial charge in [-0.05, 0) is 50.5 Å². The molecule has 8 radical (unpaired) electrons. The number of phenolic OH excluding ortho intramolecular Hbond substituents is 8. The van der Waals surface area contributed by atoms with Crippen molar-refractivity contribution < 1.29 is 482 Å². The molecule has 2 bridgehead atoms. The van der Waals surface area contributed by atoms with Crippen molar-refractivity contribution in [3.63, 3.8) is 0 Å². The van der Waals surface area contributed by atoms with Gasteiger partial charge in [0.05, 0.1) is 52.1 Å². The number of aromatic hydroxyl groups is 8. The zero-order chi connectivity index (χ0) is 72.4. The fourth-order valence-electron chi connectivity index (χ4n) is 9.32.